The molecule has 0 unspecified atom stereocenters. The number of hydrogen-bond acceptors (Lipinski definition) is 1. The summed E-state index contributed by atoms with van der Waals surface area (Å²) in [4.78, 5) is 0. The van der Waals surface area contributed by atoms with Gasteiger partial charge < -0.3 is 4.42 Å². The summed E-state index contributed by atoms with van der Waals surface area (Å²) < 4.78 is 140. The second-order valence-electron chi connectivity index (χ2n) is 11.3. The van der Waals surface area contributed by atoms with Crippen molar-refractivity contribution >= 4 is 65.0 Å². The van der Waals surface area contributed by atoms with E-state index in [2.05, 4.69) is 6.07 Å². The third-order valence-electron chi connectivity index (χ3n) is 8.81. The maximum absolute atomic E-state index is 9.33. The molecular weight excluding hydrogens is 569 g/mol. The summed E-state index contributed by atoms with van der Waals surface area (Å²) in [6, 6.07) is 14.7. The molecule has 1 aromatic heterocycles. The Morgan fingerprint density at radius 1 is 0.383 bits per heavy atom. The van der Waals surface area contributed by atoms with Gasteiger partial charge in [0.05, 0.1) is 20.6 Å². The van der Waals surface area contributed by atoms with E-state index in [0.29, 0.717) is 11.1 Å². The van der Waals surface area contributed by atoms with Crippen LogP contribution in [0.5, 0.6) is 0 Å². The van der Waals surface area contributed by atoms with Gasteiger partial charge in [-0.15, -0.1) is 0 Å². The number of fused-ring (bicyclic) bond motifs is 8. The summed E-state index contributed by atoms with van der Waals surface area (Å²) in [6.45, 7) is 0. The van der Waals surface area contributed by atoms with Crippen LogP contribution in [0.25, 0.3) is 98.4 Å². The van der Waals surface area contributed by atoms with Gasteiger partial charge in [-0.25, -0.2) is 0 Å². The predicted molar refractivity (Wildman–Crippen MR) is 200 cm³/mol. The largest absolute Gasteiger partial charge is 0.456 e. The van der Waals surface area contributed by atoms with Gasteiger partial charge in [-0.3, -0.25) is 0 Å². The van der Waals surface area contributed by atoms with Crippen molar-refractivity contribution in [2.45, 2.75) is 0 Å². The SMILES string of the molecule is [2H]c1c([2H])c([2H])c2c(-c3c4c([2H])c([2H])c([2H])c([2H])c4c(-c4ccc(-c5ccc6c(c5)oc5ccc7ccccc7c56)cc4)c4c([2H])c([2H])c([2H])c([2H])c34)c([2H])c([2H])c([2H])c2c1[2H]. The van der Waals surface area contributed by atoms with Crippen molar-refractivity contribution in [3.8, 4) is 33.4 Å². The Labute approximate surface area is 293 Å². The van der Waals surface area contributed by atoms with Gasteiger partial charge in [0.2, 0.25) is 0 Å². The highest BCUT2D eigenvalue weighted by Crippen LogP contribution is 2.45. The normalized spacial score (nSPS) is 16.3. The van der Waals surface area contributed by atoms with E-state index in [-0.39, 0.29) is 32.7 Å². The molecule has 0 aliphatic carbocycles. The lowest BCUT2D eigenvalue weighted by Gasteiger charge is -2.19. The van der Waals surface area contributed by atoms with Gasteiger partial charge in [0.15, 0.2) is 0 Å². The summed E-state index contributed by atoms with van der Waals surface area (Å²) in [5.41, 5.74) is 2.51. The first-order valence-corrected chi connectivity index (χ1v) is 15.0. The molecule has 218 valence electrons. The average molecular weight is 612 g/mol. The van der Waals surface area contributed by atoms with E-state index in [1.165, 1.54) is 0 Å². The van der Waals surface area contributed by atoms with Crippen LogP contribution in [-0.2, 0) is 0 Å². The monoisotopic (exact) mass is 611 g/mol. The molecule has 47 heavy (non-hydrogen) atoms. The fraction of sp³-hybridized carbons (Fsp3) is 0. The number of rotatable bonds is 3. The fourth-order valence-electron chi connectivity index (χ4n) is 6.72. The molecule has 1 heterocycles. The average Bonchev–Trinajstić information content (AvgIpc) is 3.67. The molecule has 10 aromatic rings. The minimum atomic E-state index is -0.755. The Kier molecular flexibility index (Phi) is 3.33. The molecule has 0 saturated heterocycles. The highest BCUT2D eigenvalue weighted by Gasteiger charge is 2.18. The molecule has 0 N–H and O–H groups in total. The molecule has 0 radical (unpaired) electrons. The fourth-order valence-corrected chi connectivity index (χ4v) is 6.72. The van der Waals surface area contributed by atoms with Crippen LogP contribution in [0, 0.1) is 0 Å². The zero-order chi connectivity index (χ0) is 44.0. The van der Waals surface area contributed by atoms with Gasteiger partial charge in [0, 0.05) is 10.8 Å². The van der Waals surface area contributed by atoms with Crippen LogP contribution in [0.4, 0.5) is 0 Å². The van der Waals surface area contributed by atoms with Crippen LogP contribution >= 0.6 is 0 Å². The van der Waals surface area contributed by atoms with Gasteiger partial charge in [0.1, 0.15) is 11.2 Å². The van der Waals surface area contributed by atoms with Crippen molar-refractivity contribution < 1.29 is 25.0 Å². The van der Waals surface area contributed by atoms with Crippen molar-refractivity contribution in [3.05, 3.63) is 169 Å². The Balaban J connectivity index is 1.31. The van der Waals surface area contributed by atoms with E-state index in [9.17, 15) is 6.85 Å². The van der Waals surface area contributed by atoms with Gasteiger partial charge in [-0.05, 0) is 94.7 Å². The topological polar surface area (TPSA) is 13.1 Å². The van der Waals surface area contributed by atoms with Crippen molar-refractivity contribution in [2.75, 3.05) is 0 Å². The summed E-state index contributed by atoms with van der Waals surface area (Å²) in [5, 5.41) is 2.30. The van der Waals surface area contributed by atoms with Crippen LogP contribution in [0.3, 0.4) is 0 Å². The van der Waals surface area contributed by atoms with Crippen molar-refractivity contribution in [3.63, 3.8) is 0 Å². The molecule has 1 nitrogen and oxygen atoms in total. The zero-order valence-corrected chi connectivity index (χ0v) is 24.4. The molecule has 0 spiro atoms. The Bertz CT molecular complexity index is 3600. The van der Waals surface area contributed by atoms with E-state index in [0.717, 1.165) is 38.3 Å². The summed E-state index contributed by atoms with van der Waals surface area (Å²) in [6.07, 6.45) is 0. The maximum atomic E-state index is 9.33. The van der Waals surface area contributed by atoms with Gasteiger partial charge in [-0.2, -0.15) is 0 Å². The molecule has 0 atom stereocenters. The highest BCUT2D eigenvalue weighted by atomic mass is 16.3. The number of hydrogen-bond donors (Lipinski definition) is 0. The second kappa shape index (κ2) is 10.2. The van der Waals surface area contributed by atoms with E-state index in [4.69, 9.17) is 18.1 Å². The predicted octanol–water partition coefficient (Wildman–Crippen LogP) is 13.2. The molecular formula is C46H28O. The quantitative estimate of drug-likeness (QED) is 0.181. The minimum Gasteiger partial charge on any atom is -0.456 e. The first-order chi connectivity index (χ1) is 29.5. The lowest BCUT2D eigenvalue weighted by Crippen LogP contribution is -1.91. The molecule has 0 amide bonds. The highest BCUT2D eigenvalue weighted by molar-refractivity contribution is 6.23. The molecule has 0 bridgehead atoms. The third-order valence-corrected chi connectivity index (χ3v) is 8.81. The third kappa shape index (κ3) is 3.97. The molecule has 9 aromatic carbocycles. The van der Waals surface area contributed by atoms with Crippen LogP contribution in [-0.4, -0.2) is 0 Å². The Morgan fingerprint density at radius 3 is 1.77 bits per heavy atom. The van der Waals surface area contributed by atoms with Crippen LogP contribution in [0.2, 0.25) is 0 Å². The summed E-state index contributed by atoms with van der Waals surface area (Å²) in [5.74, 6) is 0. The van der Waals surface area contributed by atoms with Gasteiger partial charge >= 0.3 is 0 Å². The van der Waals surface area contributed by atoms with Crippen LogP contribution < -0.4 is 0 Å². The molecule has 0 aliphatic heterocycles. The van der Waals surface area contributed by atoms with Crippen molar-refractivity contribution in [2.24, 2.45) is 0 Å². The molecule has 0 aliphatic rings. The lowest BCUT2D eigenvalue weighted by atomic mass is 9.84. The first kappa shape index (κ1) is 15.4. The molecule has 0 saturated carbocycles. The standard InChI is InChI=1S/C46H28O/c1-3-13-34-30(10-1)12-9-19-36(34)45-39-17-7-5-15-37(39)44(38-16-6-8-18-40(38)45)32-22-20-29(21-23-32)33-24-26-41-43(28-33)47-42-27-25-31-11-2-4-14-35(31)46(41)42/h1-28H/i1D,3D,5D,6D,7D,8D,9D,10D,12D,13D,15D,16D,17D,18D,19D. The van der Waals surface area contributed by atoms with E-state index in [1.807, 2.05) is 48.5 Å². The smallest absolute Gasteiger partial charge is 0.136 e. The van der Waals surface area contributed by atoms with Crippen LogP contribution in [0.1, 0.15) is 20.6 Å². The maximum Gasteiger partial charge on any atom is 0.136 e. The molecule has 10 rings (SSSR count). The first-order valence-electron chi connectivity index (χ1n) is 22.5. The van der Waals surface area contributed by atoms with Crippen LogP contribution in [0.15, 0.2) is 174 Å². The van der Waals surface area contributed by atoms with Crippen molar-refractivity contribution in [1.82, 2.24) is 0 Å². The van der Waals surface area contributed by atoms with E-state index in [1.54, 1.807) is 24.3 Å². The van der Waals surface area contributed by atoms with Gasteiger partial charge in [-0.1, -0.05) is 151 Å². The van der Waals surface area contributed by atoms with Crippen molar-refractivity contribution in [1.29, 1.82) is 0 Å². The minimum absolute atomic E-state index is 0.0323. The summed E-state index contributed by atoms with van der Waals surface area (Å²) in [7, 11) is 0. The second-order valence-corrected chi connectivity index (χ2v) is 11.3. The number of benzene rings is 9. The Morgan fingerprint density at radius 2 is 1.00 bits per heavy atom. The Hall–Kier alpha value is -6.18. The number of furan rings is 1. The molecule has 1 heteroatoms. The lowest BCUT2D eigenvalue weighted by molar-refractivity contribution is 0.669. The van der Waals surface area contributed by atoms with Gasteiger partial charge in [0.25, 0.3) is 0 Å². The van der Waals surface area contributed by atoms with E-state index < -0.39 is 107 Å². The zero-order valence-electron chi connectivity index (χ0n) is 39.4. The van der Waals surface area contributed by atoms with E-state index >= 15 is 0 Å². The summed E-state index contributed by atoms with van der Waals surface area (Å²) >= 11 is 0. The molecule has 0 fully saturated rings.